The summed E-state index contributed by atoms with van der Waals surface area (Å²) in [5.74, 6) is -4.42. The number of hydrogen-bond donors (Lipinski definition) is 6. The van der Waals surface area contributed by atoms with E-state index in [1.54, 1.807) is 8.87 Å². The van der Waals surface area contributed by atoms with Crippen LogP contribution < -0.4 is 0 Å². The number of unbranched alkanes of at least 4 members (excludes halogenated alkanes) is 2. The number of hydrogen-bond acceptors (Lipinski definition) is 6. The molecule has 0 spiro atoms. The van der Waals surface area contributed by atoms with Gasteiger partial charge < -0.3 is 30.6 Å². The summed E-state index contributed by atoms with van der Waals surface area (Å²) in [6.45, 7) is 4.58. The smallest absolute Gasteiger partial charge is 0.343 e. The number of carboxylic acids is 2. The van der Waals surface area contributed by atoms with E-state index in [-0.39, 0.29) is 21.1 Å². The minimum Gasteiger partial charge on any atom is -0.507 e. The third kappa shape index (κ3) is 11.4. The normalized spacial score (nSPS) is 9.61. The van der Waals surface area contributed by atoms with Crippen molar-refractivity contribution in [3.05, 3.63) is 47.5 Å². The van der Waals surface area contributed by atoms with Gasteiger partial charge in [-0.05, 0) is 24.3 Å². The summed E-state index contributed by atoms with van der Waals surface area (Å²) in [4.78, 5) is 20.6. The summed E-state index contributed by atoms with van der Waals surface area (Å²) in [5.41, 5.74) is -0.931. The fourth-order valence-electron chi connectivity index (χ4n) is 2.22. The van der Waals surface area contributed by atoms with Crippen LogP contribution in [0.2, 0.25) is 8.87 Å². The predicted octanol–water partition coefficient (Wildman–Crippen LogP) is 4.72. The molecule has 170 valence electrons. The average Bonchev–Trinajstić information content (AvgIpc) is 2.68. The second kappa shape index (κ2) is 16.1. The first-order valence-electron chi connectivity index (χ1n) is 9.86. The van der Waals surface area contributed by atoms with Crippen LogP contribution in [0, 0.1) is 0 Å². The van der Waals surface area contributed by atoms with Gasteiger partial charge in [-0.25, -0.2) is 9.59 Å². The Bertz CT molecular complexity index is 715. The average molecular weight is 541 g/mol. The SMILES string of the molecule is CCC[CH2][Sn][CH2]CCC.O=C(O)c1c(O)cccc1O.O=C(O)c1c(O)cccc1O. The fraction of sp³-hybridized carbons (Fsp3) is 0.364. The molecule has 2 aromatic carbocycles. The first-order chi connectivity index (χ1) is 14.7. The topological polar surface area (TPSA) is 156 Å². The number of benzene rings is 2. The van der Waals surface area contributed by atoms with Gasteiger partial charge >= 0.3 is 81.5 Å². The molecular weight excluding hydrogens is 511 g/mol. The third-order valence-corrected chi connectivity index (χ3v) is 7.92. The van der Waals surface area contributed by atoms with Crippen molar-refractivity contribution < 1.29 is 40.2 Å². The largest absolute Gasteiger partial charge is 0.507 e. The summed E-state index contributed by atoms with van der Waals surface area (Å²) in [6.07, 6.45) is 5.84. The molecule has 6 N–H and O–H groups in total. The molecule has 0 bridgehead atoms. The summed E-state index contributed by atoms with van der Waals surface area (Å²) >= 11 is 0.149. The van der Waals surface area contributed by atoms with Crippen LogP contribution in [0.15, 0.2) is 36.4 Å². The van der Waals surface area contributed by atoms with Crippen LogP contribution in [0.1, 0.15) is 60.2 Å². The summed E-state index contributed by atoms with van der Waals surface area (Å²) in [5, 5.41) is 52.5. The second-order valence-corrected chi connectivity index (χ2v) is 10.7. The molecule has 8 nitrogen and oxygen atoms in total. The standard InChI is InChI=1S/2C7H6O4.2C4H9.Sn/c2*8-4-2-1-3-5(9)6(4)7(10)11;2*1-3-4-2;/h2*1-3,8-9H,(H,10,11);2*1,3-4H2,2H3;. The van der Waals surface area contributed by atoms with E-state index >= 15 is 0 Å². The number of aromatic hydroxyl groups is 4. The van der Waals surface area contributed by atoms with Gasteiger partial charge in [-0.2, -0.15) is 0 Å². The Balaban J connectivity index is 0.000000439. The molecule has 31 heavy (non-hydrogen) atoms. The predicted molar refractivity (Wildman–Crippen MR) is 119 cm³/mol. The van der Waals surface area contributed by atoms with Gasteiger partial charge in [0.25, 0.3) is 0 Å². The van der Waals surface area contributed by atoms with E-state index < -0.39 is 46.1 Å². The van der Waals surface area contributed by atoms with Gasteiger partial charge in [-0.1, -0.05) is 12.1 Å². The molecule has 0 aliphatic heterocycles. The van der Waals surface area contributed by atoms with Crippen LogP contribution in [-0.2, 0) is 0 Å². The minimum absolute atomic E-state index is 0.149. The number of carboxylic acid groups (broad SMARTS) is 2. The molecule has 0 atom stereocenters. The molecule has 0 saturated heterocycles. The van der Waals surface area contributed by atoms with Crippen molar-refractivity contribution in [3.8, 4) is 23.0 Å². The zero-order valence-electron chi connectivity index (χ0n) is 17.7. The molecule has 0 aromatic heterocycles. The van der Waals surface area contributed by atoms with Gasteiger partial charge in [0.2, 0.25) is 0 Å². The third-order valence-electron chi connectivity index (χ3n) is 3.88. The zero-order chi connectivity index (χ0) is 23.8. The number of rotatable bonds is 8. The van der Waals surface area contributed by atoms with Gasteiger partial charge in [-0.15, -0.1) is 0 Å². The van der Waals surface area contributed by atoms with Gasteiger partial charge in [0.15, 0.2) is 0 Å². The van der Waals surface area contributed by atoms with Crippen molar-refractivity contribution in [2.45, 2.75) is 48.4 Å². The first kappa shape index (κ1) is 28.4. The van der Waals surface area contributed by atoms with Crippen molar-refractivity contribution in [1.29, 1.82) is 0 Å². The van der Waals surface area contributed by atoms with Crippen LogP contribution in [0.3, 0.4) is 0 Å². The molecule has 2 radical (unpaired) electrons. The summed E-state index contributed by atoms with van der Waals surface area (Å²) in [6, 6.07) is 7.51. The molecule has 0 amide bonds. The molecule has 0 saturated carbocycles. The monoisotopic (exact) mass is 542 g/mol. The number of aromatic carboxylic acids is 2. The molecule has 0 heterocycles. The van der Waals surface area contributed by atoms with E-state index in [2.05, 4.69) is 13.8 Å². The Kier molecular flexibility index (Phi) is 14.8. The fourth-order valence-corrected chi connectivity index (χ4v) is 6.38. The van der Waals surface area contributed by atoms with Crippen molar-refractivity contribution in [3.63, 3.8) is 0 Å². The van der Waals surface area contributed by atoms with Gasteiger partial charge in [0.05, 0.1) is 0 Å². The van der Waals surface area contributed by atoms with E-state index in [9.17, 15) is 9.59 Å². The Labute approximate surface area is 192 Å². The number of carbonyl (C=O) groups is 2. The molecule has 2 rings (SSSR count). The van der Waals surface area contributed by atoms with E-state index in [1.165, 1.54) is 62.1 Å². The van der Waals surface area contributed by atoms with Crippen LogP contribution in [-0.4, -0.2) is 63.7 Å². The quantitative estimate of drug-likeness (QED) is 0.207. The molecule has 0 fully saturated rings. The minimum atomic E-state index is -1.35. The maximum absolute atomic E-state index is 10.3. The van der Waals surface area contributed by atoms with E-state index in [4.69, 9.17) is 30.6 Å². The van der Waals surface area contributed by atoms with Crippen LogP contribution in [0.4, 0.5) is 0 Å². The Hall–Kier alpha value is -2.62. The van der Waals surface area contributed by atoms with Gasteiger partial charge in [0, 0.05) is 0 Å². The maximum Gasteiger partial charge on any atom is 0.343 e. The van der Waals surface area contributed by atoms with Crippen LogP contribution in [0.5, 0.6) is 23.0 Å². The summed E-state index contributed by atoms with van der Waals surface area (Å²) in [7, 11) is 0. The van der Waals surface area contributed by atoms with Crippen molar-refractivity contribution in [2.24, 2.45) is 0 Å². The molecular formula is C22H30O8Sn. The molecule has 0 unspecified atom stereocenters. The Morgan fingerprint density at radius 2 is 0.968 bits per heavy atom. The Morgan fingerprint density at radius 1 is 0.677 bits per heavy atom. The molecule has 2 aromatic rings. The van der Waals surface area contributed by atoms with E-state index in [1.807, 2.05) is 0 Å². The van der Waals surface area contributed by atoms with Crippen LogP contribution >= 0.6 is 0 Å². The first-order valence-corrected chi connectivity index (χ1v) is 13.9. The van der Waals surface area contributed by atoms with E-state index in [0.717, 1.165) is 0 Å². The van der Waals surface area contributed by atoms with Gasteiger partial charge in [0.1, 0.15) is 34.1 Å². The number of phenols is 4. The van der Waals surface area contributed by atoms with Crippen molar-refractivity contribution >= 4 is 33.1 Å². The second-order valence-electron chi connectivity index (χ2n) is 6.41. The van der Waals surface area contributed by atoms with E-state index in [0.29, 0.717) is 0 Å². The Morgan fingerprint density at radius 3 is 1.16 bits per heavy atom. The van der Waals surface area contributed by atoms with Crippen molar-refractivity contribution in [1.82, 2.24) is 0 Å². The van der Waals surface area contributed by atoms with Crippen LogP contribution in [0.25, 0.3) is 0 Å². The summed E-state index contributed by atoms with van der Waals surface area (Å²) < 4.78 is 3.25. The molecule has 0 aliphatic carbocycles. The van der Waals surface area contributed by atoms with Gasteiger partial charge in [-0.3, -0.25) is 0 Å². The van der Waals surface area contributed by atoms with Crippen molar-refractivity contribution in [2.75, 3.05) is 0 Å². The molecule has 0 aliphatic rings. The zero-order valence-corrected chi connectivity index (χ0v) is 20.6. The molecule has 9 heteroatoms. The maximum atomic E-state index is 10.3.